The minimum atomic E-state index is 0.775. The van der Waals surface area contributed by atoms with Gasteiger partial charge >= 0.3 is 0 Å². The van der Waals surface area contributed by atoms with Crippen LogP contribution in [0.2, 0.25) is 0 Å². The van der Waals surface area contributed by atoms with Gasteiger partial charge in [-0.05, 0) is 41.9 Å². The van der Waals surface area contributed by atoms with Gasteiger partial charge in [0.1, 0.15) is 0 Å². The van der Waals surface area contributed by atoms with Gasteiger partial charge in [0.15, 0.2) is 0 Å². The average Bonchev–Trinajstić information content (AvgIpc) is 2.39. The van der Waals surface area contributed by atoms with Crippen LogP contribution in [0.25, 0.3) is 5.57 Å². The maximum atomic E-state index is 2.39. The minimum absolute atomic E-state index is 0.775. The quantitative estimate of drug-likeness (QED) is 0.643. The third-order valence-electron chi connectivity index (χ3n) is 3.52. The Bertz CT molecular complexity index is 460. The first-order valence-corrected chi connectivity index (χ1v) is 6.07. The third kappa shape index (κ3) is 1.76. The van der Waals surface area contributed by atoms with Crippen LogP contribution < -0.4 is 0 Å². The first kappa shape index (κ1) is 9.65. The maximum absolute atomic E-state index is 2.39. The zero-order valence-corrected chi connectivity index (χ0v) is 9.39. The van der Waals surface area contributed by atoms with Crippen LogP contribution in [-0.2, 0) is 0 Å². The van der Waals surface area contributed by atoms with Gasteiger partial charge < -0.3 is 0 Å². The maximum Gasteiger partial charge on any atom is -0.0124 e. The molecule has 0 fully saturated rings. The van der Waals surface area contributed by atoms with E-state index in [4.69, 9.17) is 0 Å². The molecule has 0 nitrogen and oxygen atoms in total. The fraction of sp³-hybridized carbons (Fsp3) is 0.250. The van der Waals surface area contributed by atoms with Gasteiger partial charge in [0.25, 0.3) is 0 Å². The zero-order valence-electron chi connectivity index (χ0n) is 9.39. The molecule has 2 aliphatic carbocycles. The Morgan fingerprint density at radius 1 is 1.06 bits per heavy atom. The van der Waals surface area contributed by atoms with Crippen molar-refractivity contribution >= 4 is 5.57 Å². The van der Waals surface area contributed by atoms with Gasteiger partial charge in [0, 0.05) is 0 Å². The van der Waals surface area contributed by atoms with E-state index in [0.29, 0.717) is 0 Å². The van der Waals surface area contributed by atoms with Crippen LogP contribution in [0.3, 0.4) is 0 Å². The molecule has 1 aromatic rings. The largest absolute Gasteiger partial charge is 0.0842 e. The van der Waals surface area contributed by atoms with Gasteiger partial charge in [-0.1, -0.05) is 54.6 Å². The molecule has 80 valence electrons. The van der Waals surface area contributed by atoms with Gasteiger partial charge in [-0.15, -0.1) is 0 Å². The summed E-state index contributed by atoms with van der Waals surface area (Å²) in [4.78, 5) is 0. The molecule has 2 aliphatic rings. The van der Waals surface area contributed by atoms with Crippen LogP contribution in [0.5, 0.6) is 0 Å². The van der Waals surface area contributed by atoms with Crippen molar-refractivity contribution in [3.05, 3.63) is 65.8 Å². The fourth-order valence-corrected chi connectivity index (χ4v) is 2.58. The third-order valence-corrected chi connectivity index (χ3v) is 3.52. The lowest BCUT2D eigenvalue weighted by molar-refractivity contribution is 0.567. The predicted molar refractivity (Wildman–Crippen MR) is 69.0 cm³/mol. The van der Waals surface area contributed by atoms with Crippen molar-refractivity contribution in [2.24, 2.45) is 5.92 Å². The lowest BCUT2D eigenvalue weighted by Gasteiger charge is -2.24. The van der Waals surface area contributed by atoms with Crippen molar-refractivity contribution in [1.82, 2.24) is 0 Å². The predicted octanol–water partition coefficient (Wildman–Crippen LogP) is 4.37. The van der Waals surface area contributed by atoms with E-state index in [0.717, 1.165) is 5.92 Å². The second-order valence-corrected chi connectivity index (χ2v) is 4.58. The highest BCUT2D eigenvalue weighted by Crippen LogP contribution is 2.34. The number of hydrogen-bond donors (Lipinski definition) is 0. The van der Waals surface area contributed by atoms with Gasteiger partial charge in [-0.2, -0.15) is 0 Å². The summed E-state index contributed by atoms with van der Waals surface area (Å²) in [6, 6.07) is 10.7. The first-order chi connectivity index (χ1) is 7.93. The molecule has 16 heavy (non-hydrogen) atoms. The summed E-state index contributed by atoms with van der Waals surface area (Å²) in [5.41, 5.74) is 4.25. The number of fused-ring (bicyclic) bond motifs is 1. The Kier molecular flexibility index (Phi) is 2.49. The van der Waals surface area contributed by atoms with Crippen molar-refractivity contribution < 1.29 is 0 Å². The molecule has 0 aliphatic heterocycles. The standard InChI is InChI=1S/C16H16/c1-2-6-13(7-3-1)16-11-10-14-8-4-5-9-15(14)12-16/h1-3,5-7,9,11-12,14H,4,8,10H2. The Balaban J connectivity index is 1.94. The number of allylic oxidation sites excluding steroid dienone is 6. The summed E-state index contributed by atoms with van der Waals surface area (Å²) in [6.07, 6.45) is 13.1. The van der Waals surface area contributed by atoms with E-state index in [2.05, 4.69) is 54.6 Å². The average molecular weight is 208 g/mol. The molecule has 0 radical (unpaired) electrons. The molecule has 0 spiro atoms. The molecular weight excluding hydrogens is 192 g/mol. The van der Waals surface area contributed by atoms with Gasteiger partial charge in [0.2, 0.25) is 0 Å². The summed E-state index contributed by atoms with van der Waals surface area (Å²) in [6.45, 7) is 0. The van der Waals surface area contributed by atoms with E-state index in [9.17, 15) is 0 Å². The Morgan fingerprint density at radius 2 is 1.94 bits per heavy atom. The second-order valence-electron chi connectivity index (χ2n) is 4.58. The summed E-state index contributed by atoms with van der Waals surface area (Å²) in [7, 11) is 0. The fourth-order valence-electron chi connectivity index (χ4n) is 2.58. The summed E-state index contributed by atoms with van der Waals surface area (Å²) in [5.74, 6) is 0.775. The Morgan fingerprint density at radius 3 is 2.81 bits per heavy atom. The topological polar surface area (TPSA) is 0 Å². The van der Waals surface area contributed by atoms with E-state index in [1.165, 1.54) is 36.0 Å². The lowest BCUT2D eigenvalue weighted by Crippen LogP contribution is -2.08. The van der Waals surface area contributed by atoms with Crippen LogP contribution in [0.1, 0.15) is 24.8 Å². The van der Waals surface area contributed by atoms with Crippen LogP contribution >= 0.6 is 0 Å². The summed E-state index contributed by atoms with van der Waals surface area (Å²) < 4.78 is 0. The van der Waals surface area contributed by atoms with Crippen molar-refractivity contribution in [3.63, 3.8) is 0 Å². The Labute approximate surface area is 97.0 Å². The summed E-state index contributed by atoms with van der Waals surface area (Å²) in [5, 5.41) is 0. The minimum Gasteiger partial charge on any atom is -0.0842 e. The molecule has 0 saturated carbocycles. The van der Waals surface area contributed by atoms with Crippen LogP contribution in [0.4, 0.5) is 0 Å². The molecule has 0 heteroatoms. The van der Waals surface area contributed by atoms with E-state index in [1.807, 2.05) is 0 Å². The molecule has 0 aromatic heterocycles. The molecule has 0 N–H and O–H groups in total. The van der Waals surface area contributed by atoms with Crippen molar-refractivity contribution in [2.45, 2.75) is 19.3 Å². The highest BCUT2D eigenvalue weighted by atomic mass is 14.2. The number of benzene rings is 1. The molecular formula is C16H16. The van der Waals surface area contributed by atoms with E-state index in [-0.39, 0.29) is 0 Å². The normalized spacial score (nSPS) is 23.4. The monoisotopic (exact) mass is 208 g/mol. The number of hydrogen-bond acceptors (Lipinski definition) is 0. The van der Waals surface area contributed by atoms with Gasteiger partial charge in [-0.3, -0.25) is 0 Å². The van der Waals surface area contributed by atoms with Crippen molar-refractivity contribution in [1.29, 1.82) is 0 Å². The molecule has 3 rings (SSSR count). The lowest BCUT2D eigenvalue weighted by atomic mass is 9.81. The van der Waals surface area contributed by atoms with Crippen LogP contribution in [0.15, 0.2) is 60.2 Å². The highest BCUT2D eigenvalue weighted by molar-refractivity contribution is 5.76. The Hall–Kier alpha value is -1.56. The second kappa shape index (κ2) is 4.13. The van der Waals surface area contributed by atoms with Gasteiger partial charge in [0.05, 0.1) is 0 Å². The summed E-state index contributed by atoms with van der Waals surface area (Å²) >= 11 is 0. The molecule has 0 amide bonds. The first-order valence-electron chi connectivity index (χ1n) is 6.07. The van der Waals surface area contributed by atoms with E-state index >= 15 is 0 Å². The van der Waals surface area contributed by atoms with Crippen LogP contribution in [0, 0.1) is 5.92 Å². The van der Waals surface area contributed by atoms with Crippen LogP contribution in [-0.4, -0.2) is 0 Å². The molecule has 1 aromatic carbocycles. The molecule has 0 heterocycles. The van der Waals surface area contributed by atoms with E-state index < -0.39 is 0 Å². The highest BCUT2D eigenvalue weighted by Gasteiger charge is 2.18. The molecule has 0 saturated heterocycles. The number of rotatable bonds is 1. The van der Waals surface area contributed by atoms with Crippen molar-refractivity contribution in [3.8, 4) is 0 Å². The van der Waals surface area contributed by atoms with E-state index in [1.54, 1.807) is 0 Å². The molecule has 0 bridgehead atoms. The molecule has 1 atom stereocenters. The zero-order chi connectivity index (χ0) is 10.8. The smallest absolute Gasteiger partial charge is 0.0124 e. The van der Waals surface area contributed by atoms with Gasteiger partial charge in [-0.25, -0.2) is 0 Å². The molecule has 1 unspecified atom stereocenters. The van der Waals surface area contributed by atoms with Crippen molar-refractivity contribution in [2.75, 3.05) is 0 Å². The SMILES string of the molecule is C1=CC2=CC(c3ccccc3)=CCC2CC1.